The number of nitrogens with zero attached hydrogens (tertiary/aromatic N) is 9. The highest BCUT2D eigenvalue weighted by molar-refractivity contribution is 6.23. The van der Waals surface area contributed by atoms with Gasteiger partial charge in [-0.1, -0.05) is 13.8 Å². The van der Waals surface area contributed by atoms with E-state index in [0.717, 1.165) is 85.8 Å². The summed E-state index contributed by atoms with van der Waals surface area (Å²) in [7, 11) is 1.81. The van der Waals surface area contributed by atoms with E-state index < -0.39 is 29.7 Å². The fourth-order valence-electron chi connectivity index (χ4n) is 11.8. The SMILES string of the molecule is CNc1ncc(-c2ccnc(N3CCn4c(cc5c4CC(C)(C)C5)C3=O)c2CO)cc1Nc1ccc(N2CCN(C3CCN(c4ccc5c(c4)C(=O)N(C4CCC(=O)NC4=O)C5=O)CC3)C[C@@H]2C)cn1. The van der Waals surface area contributed by atoms with Gasteiger partial charge in [-0.05, 0) is 104 Å². The molecule has 11 rings (SSSR count). The number of amides is 5. The predicted octanol–water partition coefficient (Wildman–Crippen LogP) is 4.98. The number of rotatable bonds is 10. The maximum Gasteiger partial charge on any atom is 0.276 e. The standard InChI is InChI=1S/C52H58N12O6/c1-30-28-60(33-12-15-59(16-13-33)34-5-7-37-38(23-34)50(69)64(49(37)68)41-8-10-45(66)58-48(41)67)17-18-61(30)35-6-9-44(55-27-35)57-40-21-32(26-56-46(40)53-4)36-11-14-54-47(39(36)29-65)63-20-19-62-42(51(63)70)22-31-24-52(2,3)25-43(31)62/h5-7,9,11,14,21-23,26-27,30,33,41,65H,8,10,12-13,15-20,24-25,28-29H2,1-4H3,(H,53,56)(H,55,57)(H,58,66,67)/t30-,41?/m0/s1. The van der Waals surface area contributed by atoms with Gasteiger partial charge in [-0.25, -0.2) is 15.0 Å². The second-order valence-corrected chi connectivity index (χ2v) is 20.3. The molecule has 6 aliphatic rings. The number of aromatic nitrogens is 4. The third-order valence-corrected chi connectivity index (χ3v) is 15.3. The van der Waals surface area contributed by atoms with E-state index in [0.29, 0.717) is 59.1 Å². The van der Waals surface area contributed by atoms with E-state index >= 15 is 0 Å². The Labute approximate surface area is 406 Å². The first-order chi connectivity index (χ1) is 33.8. The molecule has 1 aromatic carbocycles. The second kappa shape index (κ2) is 17.7. The minimum atomic E-state index is -0.985. The Hall–Kier alpha value is -7.18. The van der Waals surface area contributed by atoms with Crippen LogP contribution < -0.4 is 30.7 Å². The van der Waals surface area contributed by atoms with Crippen LogP contribution >= 0.6 is 0 Å². The van der Waals surface area contributed by atoms with Gasteiger partial charge in [0.05, 0.1) is 35.3 Å². The fraction of sp³-hybridized carbons (Fsp3) is 0.423. The van der Waals surface area contributed by atoms with Crippen molar-refractivity contribution in [1.82, 2.24) is 34.6 Å². The number of aliphatic hydroxyl groups excluding tert-OH is 1. The van der Waals surface area contributed by atoms with Crippen molar-refractivity contribution in [2.24, 2.45) is 5.41 Å². The molecule has 5 aliphatic heterocycles. The van der Waals surface area contributed by atoms with Gasteiger partial charge < -0.3 is 30.1 Å². The number of aliphatic hydroxyl groups is 1. The third-order valence-electron chi connectivity index (χ3n) is 15.3. The molecule has 362 valence electrons. The second-order valence-electron chi connectivity index (χ2n) is 20.3. The Balaban J connectivity index is 0.716. The highest BCUT2D eigenvalue weighted by Crippen LogP contribution is 2.41. The van der Waals surface area contributed by atoms with Crippen molar-refractivity contribution in [2.75, 3.05) is 71.6 Å². The number of anilines is 6. The molecule has 3 fully saturated rings. The Morgan fingerprint density at radius 1 is 0.800 bits per heavy atom. The van der Waals surface area contributed by atoms with Crippen molar-refractivity contribution in [3.63, 3.8) is 0 Å². The van der Waals surface area contributed by atoms with Crippen LogP contribution in [-0.2, 0) is 35.6 Å². The quantitative estimate of drug-likeness (QED) is 0.137. The monoisotopic (exact) mass is 946 g/mol. The Morgan fingerprint density at radius 2 is 1.60 bits per heavy atom. The molecule has 0 radical (unpaired) electrons. The van der Waals surface area contributed by atoms with Crippen LogP contribution in [0, 0.1) is 5.41 Å². The zero-order valence-corrected chi connectivity index (χ0v) is 40.0. The number of imide groups is 2. The molecule has 4 N–H and O–H groups in total. The summed E-state index contributed by atoms with van der Waals surface area (Å²) in [4.78, 5) is 89.1. The number of carbonyl (C=O) groups is 5. The smallest absolute Gasteiger partial charge is 0.276 e. The van der Waals surface area contributed by atoms with Crippen LogP contribution in [-0.4, -0.2) is 128 Å². The number of hydrogen-bond donors (Lipinski definition) is 4. The number of pyridine rings is 3. The number of fused-ring (bicyclic) bond motifs is 4. The Morgan fingerprint density at radius 3 is 2.34 bits per heavy atom. The first-order valence-electron chi connectivity index (χ1n) is 24.4. The molecule has 18 heteroatoms. The number of hydrogen-bond acceptors (Lipinski definition) is 14. The van der Waals surface area contributed by atoms with Gasteiger partial charge in [0.1, 0.15) is 29.2 Å². The normalized spacial score (nSPS) is 21.5. The van der Waals surface area contributed by atoms with Crippen molar-refractivity contribution in [3.05, 3.63) is 101 Å². The van der Waals surface area contributed by atoms with Gasteiger partial charge in [-0.3, -0.25) is 44.0 Å². The molecule has 0 bridgehead atoms. The molecule has 1 unspecified atom stereocenters. The molecular weight excluding hydrogens is 889 g/mol. The minimum Gasteiger partial charge on any atom is -0.392 e. The van der Waals surface area contributed by atoms with E-state index in [1.807, 2.05) is 43.6 Å². The van der Waals surface area contributed by atoms with E-state index in [9.17, 15) is 29.1 Å². The van der Waals surface area contributed by atoms with Crippen molar-refractivity contribution in [1.29, 1.82) is 0 Å². The van der Waals surface area contributed by atoms with Gasteiger partial charge in [0, 0.05) is 106 Å². The molecule has 9 heterocycles. The minimum absolute atomic E-state index is 0.0842. The third kappa shape index (κ3) is 7.92. The zero-order chi connectivity index (χ0) is 48.6. The predicted molar refractivity (Wildman–Crippen MR) is 264 cm³/mol. The first-order valence-corrected chi connectivity index (χ1v) is 24.4. The van der Waals surface area contributed by atoms with Crippen molar-refractivity contribution >= 4 is 64.1 Å². The van der Waals surface area contributed by atoms with E-state index in [-0.39, 0.29) is 42.4 Å². The summed E-state index contributed by atoms with van der Waals surface area (Å²) >= 11 is 0. The summed E-state index contributed by atoms with van der Waals surface area (Å²) < 4.78 is 2.18. The Kier molecular flexibility index (Phi) is 11.4. The molecule has 0 saturated carbocycles. The lowest BCUT2D eigenvalue weighted by atomic mass is 9.90. The van der Waals surface area contributed by atoms with E-state index in [1.54, 1.807) is 29.4 Å². The number of carbonyl (C=O) groups excluding carboxylic acids is 5. The maximum absolute atomic E-state index is 14.0. The Bertz CT molecular complexity index is 2960. The first kappa shape index (κ1) is 45.3. The van der Waals surface area contributed by atoms with Crippen LogP contribution in [0.4, 0.5) is 34.5 Å². The molecule has 70 heavy (non-hydrogen) atoms. The summed E-state index contributed by atoms with van der Waals surface area (Å²) in [6, 6.07) is 15.0. The highest BCUT2D eigenvalue weighted by atomic mass is 16.3. The molecule has 1 aliphatic carbocycles. The van der Waals surface area contributed by atoms with Crippen molar-refractivity contribution in [3.8, 4) is 11.1 Å². The molecule has 18 nitrogen and oxygen atoms in total. The van der Waals surface area contributed by atoms with Gasteiger partial charge in [-0.2, -0.15) is 0 Å². The van der Waals surface area contributed by atoms with Crippen LogP contribution in [0.25, 0.3) is 11.1 Å². The average Bonchev–Trinajstić information content (AvgIpc) is 3.95. The average molecular weight is 947 g/mol. The summed E-state index contributed by atoms with van der Waals surface area (Å²) in [6.07, 6.45) is 9.39. The van der Waals surface area contributed by atoms with Crippen LogP contribution in [0.2, 0.25) is 0 Å². The van der Waals surface area contributed by atoms with Gasteiger partial charge in [0.25, 0.3) is 17.7 Å². The van der Waals surface area contributed by atoms with Crippen molar-refractivity contribution in [2.45, 2.75) is 90.6 Å². The summed E-state index contributed by atoms with van der Waals surface area (Å²) in [5.41, 5.74) is 8.66. The topological polar surface area (TPSA) is 201 Å². The van der Waals surface area contributed by atoms with E-state index in [2.05, 4.69) is 67.0 Å². The van der Waals surface area contributed by atoms with E-state index in [4.69, 9.17) is 9.97 Å². The van der Waals surface area contributed by atoms with Crippen LogP contribution in [0.3, 0.4) is 0 Å². The van der Waals surface area contributed by atoms with Crippen LogP contribution in [0.5, 0.6) is 0 Å². The lowest BCUT2D eigenvalue weighted by Gasteiger charge is -2.46. The lowest BCUT2D eigenvalue weighted by Crippen LogP contribution is -2.57. The summed E-state index contributed by atoms with van der Waals surface area (Å²) in [6.45, 7) is 11.9. The largest absolute Gasteiger partial charge is 0.392 e. The van der Waals surface area contributed by atoms with Crippen LogP contribution in [0.1, 0.15) is 94.5 Å². The highest BCUT2D eigenvalue weighted by Gasteiger charge is 2.45. The molecule has 5 aromatic rings. The zero-order valence-electron chi connectivity index (χ0n) is 40.0. The number of nitrogens with one attached hydrogen (secondary N) is 3. The van der Waals surface area contributed by atoms with Crippen molar-refractivity contribution < 1.29 is 29.1 Å². The maximum atomic E-state index is 14.0. The molecule has 0 spiro atoms. The molecule has 4 aromatic heterocycles. The molecular formula is C52H58N12O6. The lowest BCUT2D eigenvalue weighted by molar-refractivity contribution is -0.136. The number of piperidine rings is 2. The van der Waals surface area contributed by atoms with Gasteiger partial charge in [0.2, 0.25) is 11.8 Å². The molecule has 3 saturated heterocycles. The number of piperazine rings is 1. The van der Waals surface area contributed by atoms with Gasteiger partial charge in [0.15, 0.2) is 0 Å². The summed E-state index contributed by atoms with van der Waals surface area (Å²) in [5, 5.41) is 19.7. The summed E-state index contributed by atoms with van der Waals surface area (Å²) in [5.74, 6) is -0.362. The van der Waals surface area contributed by atoms with Crippen LogP contribution in [0.15, 0.2) is 67.1 Å². The number of benzene rings is 1. The van der Waals surface area contributed by atoms with Gasteiger partial charge in [-0.15, -0.1) is 0 Å². The fourth-order valence-corrected chi connectivity index (χ4v) is 11.8. The van der Waals surface area contributed by atoms with E-state index in [1.165, 1.54) is 11.3 Å². The molecule has 2 atom stereocenters. The molecule has 5 amide bonds. The van der Waals surface area contributed by atoms with Gasteiger partial charge >= 0.3 is 0 Å².